The number of H-pyrrole nitrogens is 1. The van der Waals surface area contributed by atoms with Gasteiger partial charge in [0.15, 0.2) is 0 Å². The van der Waals surface area contributed by atoms with E-state index in [2.05, 4.69) is 21.9 Å². The summed E-state index contributed by atoms with van der Waals surface area (Å²) in [6.07, 6.45) is 4.42. The zero-order chi connectivity index (χ0) is 24.1. The molecule has 1 aliphatic rings. The molecule has 1 aromatic carbocycles. The summed E-state index contributed by atoms with van der Waals surface area (Å²) in [5.41, 5.74) is 0.277. The molecule has 1 N–H and O–H groups in total. The van der Waals surface area contributed by atoms with Crippen LogP contribution in [0.25, 0.3) is 0 Å². The number of hydrogen-bond acceptors (Lipinski definition) is 6. The summed E-state index contributed by atoms with van der Waals surface area (Å²) in [6.45, 7) is 4.87. The highest BCUT2D eigenvalue weighted by molar-refractivity contribution is 5.42. The van der Waals surface area contributed by atoms with E-state index in [1.807, 2.05) is 6.07 Å². The molecular weight excluding hydrogens is 432 g/mol. The Balaban J connectivity index is 1.64. The lowest BCUT2D eigenvalue weighted by Gasteiger charge is -2.26. The molecule has 4 rings (SSSR count). The normalized spacial score (nSPS) is 18.4. The molecule has 1 aliphatic carbocycles. The van der Waals surface area contributed by atoms with Crippen molar-refractivity contribution in [1.82, 2.24) is 19.1 Å². The standard InChI is InChI=1S/C25H28N6O3/c1-3-30-24(32)29-23(31(25(30)33)16-18-9-7-17(2)8-10-18)28-19-11-13-21(14-12-19)34-22-6-4-5-20(15-26)27-22/h4-6,11-14,17-18H,3,7-10,16H2,1-2H3,(H,28,29,32)/t17-,18-. The van der Waals surface area contributed by atoms with Gasteiger partial charge in [-0.1, -0.05) is 25.8 Å². The molecule has 1 fully saturated rings. The fourth-order valence-electron chi connectivity index (χ4n) is 4.22. The highest BCUT2D eigenvalue weighted by Crippen LogP contribution is 2.29. The maximum atomic E-state index is 13.1. The summed E-state index contributed by atoms with van der Waals surface area (Å²) >= 11 is 0. The molecule has 1 saturated carbocycles. The molecule has 0 atom stereocenters. The highest BCUT2D eigenvalue weighted by Gasteiger charge is 2.20. The summed E-state index contributed by atoms with van der Waals surface area (Å²) in [7, 11) is 0. The van der Waals surface area contributed by atoms with Crippen molar-refractivity contribution in [1.29, 1.82) is 5.26 Å². The van der Waals surface area contributed by atoms with Gasteiger partial charge in [-0.2, -0.15) is 5.26 Å². The van der Waals surface area contributed by atoms with Crippen molar-refractivity contribution < 1.29 is 4.74 Å². The van der Waals surface area contributed by atoms with E-state index in [-0.39, 0.29) is 17.0 Å². The van der Waals surface area contributed by atoms with Gasteiger partial charge in [0.1, 0.15) is 17.5 Å². The van der Waals surface area contributed by atoms with Gasteiger partial charge >= 0.3 is 11.4 Å². The number of benzene rings is 1. The smallest absolute Gasteiger partial charge is 0.334 e. The second-order valence-corrected chi connectivity index (χ2v) is 8.70. The minimum atomic E-state index is -0.469. The lowest BCUT2D eigenvalue weighted by molar-refractivity contribution is 0.255. The van der Waals surface area contributed by atoms with E-state index in [0.717, 1.165) is 25.7 Å². The van der Waals surface area contributed by atoms with Crippen molar-refractivity contribution in [3.8, 4) is 17.7 Å². The van der Waals surface area contributed by atoms with Crippen molar-refractivity contribution in [2.24, 2.45) is 16.8 Å². The second-order valence-electron chi connectivity index (χ2n) is 8.70. The maximum absolute atomic E-state index is 13.1. The van der Waals surface area contributed by atoms with Crippen molar-refractivity contribution in [3.63, 3.8) is 0 Å². The van der Waals surface area contributed by atoms with E-state index < -0.39 is 5.69 Å². The third-order valence-electron chi connectivity index (χ3n) is 6.21. The lowest BCUT2D eigenvalue weighted by atomic mass is 9.83. The monoisotopic (exact) mass is 460 g/mol. The zero-order valence-electron chi connectivity index (χ0n) is 19.4. The molecule has 2 heterocycles. The first-order chi connectivity index (χ1) is 16.5. The number of aromatic nitrogens is 4. The van der Waals surface area contributed by atoms with Crippen LogP contribution in [0.2, 0.25) is 0 Å². The average Bonchev–Trinajstić information content (AvgIpc) is 2.84. The van der Waals surface area contributed by atoms with E-state index in [1.165, 1.54) is 4.57 Å². The summed E-state index contributed by atoms with van der Waals surface area (Å²) in [5.74, 6) is 1.94. The Bertz CT molecular complexity index is 1370. The molecular formula is C25H28N6O3. The van der Waals surface area contributed by atoms with Crippen molar-refractivity contribution >= 4 is 5.69 Å². The number of ether oxygens (including phenoxy) is 1. The molecule has 176 valence electrons. The van der Waals surface area contributed by atoms with Gasteiger partial charge in [0, 0.05) is 19.2 Å². The van der Waals surface area contributed by atoms with Crippen molar-refractivity contribution in [2.75, 3.05) is 0 Å². The van der Waals surface area contributed by atoms with E-state index in [1.54, 1.807) is 54.0 Å². The Hall–Kier alpha value is -3.93. The second kappa shape index (κ2) is 10.3. The van der Waals surface area contributed by atoms with Crippen LogP contribution in [0.15, 0.2) is 57.0 Å². The SMILES string of the molecule is CCn1c(=O)[nH]/c(=N\c2ccc(Oc3cccc(C#N)n3)cc2)n(C[C@H]2CC[C@H](C)CC2)c1=O. The van der Waals surface area contributed by atoms with Gasteiger partial charge in [-0.3, -0.25) is 9.55 Å². The van der Waals surface area contributed by atoms with Crippen LogP contribution in [0.4, 0.5) is 5.69 Å². The van der Waals surface area contributed by atoms with Gasteiger partial charge in [-0.25, -0.2) is 24.1 Å². The Morgan fingerprint density at radius 1 is 1.12 bits per heavy atom. The van der Waals surface area contributed by atoms with Gasteiger partial charge < -0.3 is 4.74 Å². The largest absolute Gasteiger partial charge is 0.439 e. The average molecular weight is 461 g/mol. The number of nitrogens with zero attached hydrogens (tertiary/aromatic N) is 5. The van der Waals surface area contributed by atoms with Crippen LogP contribution in [0.5, 0.6) is 11.6 Å². The predicted molar refractivity (Wildman–Crippen MR) is 127 cm³/mol. The number of hydrogen-bond donors (Lipinski definition) is 1. The van der Waals surface area contributed by atoms with Gasteiger partial charge in [0.2, 0.25) is 11.5 Å². The number of rotatable bonds is 6. The van der Waals surface area contributed by atoms with Crippen molar-refractivity contribution in [2.45, 2.75) is 52.6 Å². The molecule has 3 aromatic rings. The van der Waals surface area contributed by atoms with Crippen molar-refractivity contribution in [3.05, 3.63) is 74.7 Å². The number of pyridine rings is 1. The van der Waals surface area contributed by atoms with Crippen LogP contribution in [0.1, 0.15) is 45.2 Å². The Labute approximate surface area is 197 Å². The number of aromatic amines is 1. The maximum Gasteiger partial charge on any atom is 0.334 e. The highest BCUT2D eigenvalue weighted by atomic mass is 16.5. The molecule has 0 radical (unpaired) electrons. The minimum absolute atomic E-state index is 0.246. The van der Waals surface area contributed by atoms with Crippen LogP contribution in [0.3, 0.4) is 0 Å². The molecule has 0 spiro atoms. The Kier molecular flexibility index (Phi) is 7.07. The molecule has 0 unspecified atom stereocenters. The van der Waals surface area contributed by atoms with Crippen LogP contribution < -0.4 is 21.7 Å². The molecule has 2 aromatic heterocycles. The van der Waals surface area contributed by atoms with E-state index in [4.69, 9.17) is 10.00 Å². The molecule has 34 heavy (non-hydrogen) atoms. The van der Waals surface area contributed by atoms with Gasteiger partial charge in [-0.05, 0) is 61.9 Å². The summed E-state index contributed by atoms with van der Waals surface area (Å²) in [5, 5.41) is 8.98. The first-order valence-corrected chi connectivity index (χ1v) is 11.6. The minimum Gasteiger partial charge on any atom is -0.439 e. The molecule has 0 aliphatic heterocycles. The van der Waals surface area contributed by atoms with E-state index in [0.29, 0.717) is 42.2 Å². The van der Waals surface area contributed by atoms with E-state index >= 15 is 0 Å². The quantitative estimate of drug-likeness (QED) is 0.604. The fourth-order valence-corrected chi connectivity index (χ4v) is 4.22. The zero-order valence-corrected chi connectivity index (χ0v) is 19.4. The molecule has 0 amide bonds. The lowest BCUT2D eigenvalue weighted by Crippen LogP contribution is -2.50. The first kappa shape index (κ1) is 23.2. The Morgan fingerprint density at radius 2 is 1.85 bits per heavy atom. The molecule has 0 saturated heterocycles. The summed E-state index contributed by atoms with van der Waals surface area (Å²) < 4.78 is 8.50. The summed E-state index contributed by atoms with van der Waals surface area (Å²) in [4.78, 5) is 37.0. The molecule has 9 nitrogen and oxygen atoms in total. The van der Waals surface area contributed by atoms with Crippen LogP contribution in [-0.2, 0) is 13.1 Å². The van der Waals surface area contributed by atoms with E-state index in [9.17, 15) is 9.59 Å². The van der Waals surface area contributed by atoms with Crippen LogP contribution in [0, 0.1) is 23.2 Å². The van der Waals surface area contributed by atoms with Gasteiger partial charge in [0.05, 0.1) is 5.69 Å². The first-order valence-electron chi connectivity index (χ1n) is 11.6. The number of nitrogens with one attached hydrogen (secondary N) is 1. The third kappa shape index (κ3) is 5.34. The third-order valence-corrected chi connectivity index (χ3v) is 6.21. The molecule has 0 bridgehead atoms. The fraction of sp³-hybridized carbons (Fsp3) is 0.400. The van der Waals surface area contributed by atoms with Gasteiger partial charge in [-0.15, -0.1) is 0 Å². The van der Waals surface area contributed by atoms with Crippen LogP contribution >= 0.6 is 0 Å². The Morgan fingerprint density at radius 3 is 2.53 bits per heavy atom. The number of nitriles is 1. The van der Waals surface area contributed by atoms with Crippen LogP contribution in [-0.4, -0.2) is 19.1 Å². The molecule has 9 heteroatoms. The summed E-state index contributed by atoms with van der Waals surface area (Å²) in [6, 6.07) is 13.9. The topological polar surface area (TPSA) is 118 Å². The van der Waals surface area contributed by atoms with Gasteiger partial charge in [0.25, 0.3) is 0 Å². The predicted octanol–water partition coefficient (Wildman–Crippen LogP) is 3.48.